The van der Waals surface area contributed by atoms with Gasteiger partial charge in [-0.25, -0.2) is 9.78 Å². The first kappa shape index (κ1) is 23.3. The van der Waals surface area contributed by atoms with Crippen molar-refractivity contribution in [3.63, 3.8) is 0 Å². The van der Waals surface area contributed by atoms with Gasteiger partial charge in [-0.3, -0.25) is 9.48 Å². The molecule has 4 heterocycles. The molecule has 0 aliphatic carbocycles. The number of nitriles is 1. The number of pyridine rings is 2. The van der Waals surface area contributed by atoms with E-state index in [0.29, 0.717) is 23.1 Å². The first-order valence-electron chi connectivity index (χ1n) is 11.5. The lowest BCUT2D eigenvalue weighted by atomic mass is 9.87. The van der Waals surface area contributed by atoms with Crippen molar-refractivity contribution >= 4 is 45.1 Å². The lowest BCUT2D eigenvalue weighted by molar-refractivity contribution is -0.158. The van der Waals surface area contributed by atoms with Crippen molar-refractivity contribution in [3.05, 3.63) is 52.9 Å². The zero-order valence-corrected chi connectivity index (χ0v) is 19.9. The summed E-state index contributed by atoms with van der Waals surface area (Å²) in [5.74, 6) is 0.150. The number of carboxylic acids is 1. The summed E-state index contributed by atoms with van der Waals surface area (Å²) in [6, 6.07) is 13.5. The summed E-state index contributed by atoms with van der Waals surface area (Å²) in [4.78, 5) is 33.5. The molecule has 11 nitrogen and oxygen atoms in total. The quantitative estimate of drug-likeness (QED) is 0.373. The van der Waals surface area contributed by atoms with Crippen molar-refractivity contribution in [2.45, 2.75) is 30.9 Å². The van der Waals surface area contributed by atoms with Crippen LogP contribution in [0.5, 0.6) is 0 Å². The number of hydrogen-bond donors (Lipinski definition) is 3. The summed E-state index contributed by atoms with van der Waals surface area (Å²) in [6.45, 7) is -0.00357. The molecule has 1 saturated heterocycles. The SMILES string of the molecule is CN(C)c1ccc2cc(Nc3nn(C4(CC#N)CCC(C(=O)O)OC4)c4cc[nH]c(=O)c34)ccc2n1. The topological polar surface area (TPSA) is 149 Å². The van der Waals surface area contributed by atoms with Crippen LogP contribution in [-0.4, -0.2) is 57.6 Å². The van der Waals surface area contributed by atoms with Gasteiger partial charge in [-0.05, 0) is 49.2 Å². The number of benzene rings is 1. The van der Waals surface area contributed by atoms with Crippen LogP contribution in [0.15, 0.2) is 47.4 Å². The standard InChI is InChI=1S/C25H25N7O4/c1-31(2)20-6-3-15-13-16(4-5-17(15)29-20)28-22-21-18(8-12-27-23(21)33)32(30-22)25(10-11-26)9-7-19(24(34)35)36-14-25/h3-6,8,12-13,19H,7,9-10,14H2,1-2H3,(H,27,33)(H,28,30)(H,34,35). The maximum absolute atomic E-state index is 12.9. The van der Waals surface area contributed by atoms with E-state index in [2.05, 4.69) is 21.4 Å². The van der Waals surface area contributed by atoms with Crippen molar-refractivity contribution in [3.8, 4) is 6.07 Å². The molecule has 0 spiro atoms. The number of fused-ring (bicyclic) bond motifs is 2. The van der Waals surface area contributed by atoms with Gasteiger partial charge in [-0.1, -0.05) is 0 Å². The van der Waals surface area contributed by atoms with E-state index in [1.165, 1.54) is 6.20 Å². The second kappa shape index (κ2) is 8.98. The summed E-state index contributed by atoms with van der Waals surface area (Å²) in [6.07, 6.45) is 1.25. The third-order valence-electron chi connectivity index (χ3n) is 6.56. The van der Waals surface area contributed by atoms with E-state index in [0.717, 1.165) is 22.4 Å². The van der Waals surface area contributed by atoms with Crippen LogP contribution in [0.25, 0.3) is 21.8 Å². The van der Waals surface area contributed by atoms with Crippen molar-refractivity contribution in [2.24, 2.45) is 0 Å². The van der Waals surface area contributed by atoms with E-state index in [4.69, 9.17) is 9.84 Å². The molecule has 1 aliphatic heterocycles. The van der Waals surface area contributed by atoms with Crippen LogP contribution in [0, 0.1) is 11.3 Å². The zero-order valence-electron chi connectivity index (χ0n) is 19.9. The lowest BCUT2D eigenvalue weighted by Crippen LogP contribution is -2.46. The molecule has 11 heteroatoms. The van der Waals surface area contributed by atoms with E-state index in [1.807, 2.05) is 49.3 Å². The van der Waals surface area contributed by atoms with E-state index in [1.54, 1.807) is 10.7 Å². The predicted octanol–water partition coefficient (Wildman–Crippen LogP) is 2.95. The molecule has 2 atom stereocenters. The number of aromatic amines is 1. The minimum Gasteiger partial charge on any atom is -0.479 e. The molecule has 5 rings (SSSR count). The Hall–Kier alpha value is -4.43. The highest BCUT2D eigenvalue weighted by atomic mass is 16.5. The summed E-state index contributed by atoms with van der Waals surface area (Å²) < 4.78 is 7.26. The fourth-order valence-corrected chi connectivity index (χ4v) is 4.64. The number of nitrogens with one attached hydrogen (secondary N) is 2. The van der Waals surface area contributed by atoms with Gasteiger partial charge < -0.3 is 25.0 Å². The van der Waals surface area contributed by atoms with Crippen LogP contribution in [0.2, 0.25) is 0 Å². The highest BCUT2D eigenvalue weighted by Crippen LogP contribution is 2.37. The fraction of sp³-hybridized carbons (Fsp3) is 0.320. The average Bonchev–Trinajstić information content (AvgIpc) is 3.24. The number of rotatable bonds is 6. The van der Waals surface area contributed by atoms with Crippen molar-refractivity contribution in [1.29, 1.82) is 5.26 Å². The van der Waals surface area contributed by atoms with Crippen LogP contribution in [-0.2, 0) is 15.1 Å². The molecule has 0 amide bonds. The Morgan fingerprint density at radius 2 is 2.19 bits per heavy atom. The summed E-state index contributed by atoms with van der Waals surface area (Å²) in [7, 11) is 3.86. The van der Waals surface area contributed by atoms with Crippen LogP contribution >= 0.6 is 0 Å². The molecule has 0 saturated carbocycles. The van der Waals surface area contributed by atoms with Crippen molar-refractivity contribution in [1.82, 2.24) is 19.7 Å². The molecule has 4 aromatic rings. The Kier molecular flexibility index (Phi) is 5.81. The van der Waals surface area contributed by atoms with Gasteiger partial charge in [0, 0.05) is 31.4 Å². The maximum atomic E-state index is 12.9. The number of carboxylic acid groups (broad SMARTS) is 1. The van der Waals surface area contributed by atoms with E-state index >= 15 is 0 Å². The number of hydrogen-bond acceptors (Lipinski definition) is 8. The second-order valence-corrected chi connectivity index (χ2v) is 9.16. The Morgan fingerprint density at radius 1 is 1.36 bits per heavy atom. The minimum absolute atomic E-state index is 0.00357. The van der Waals surface area contributed by atoms with Crippen LogP contribution in [0.3, 0.4) is 0 Å². The smallest absolute Gasteiger partial charge is 0.332 e. The van der Waals surface area contributed by atoms with Gasteiger partial charge in [-0.2, -0.15) is 10.4 Å². The number of aliphatic carboxylic acids is 1. The lowest BCUT2D eigenvalue weighted by Gasteiger charge is -2.38. The average molecular weight is 488 g/mol. The highest BCUT2D eigenvalue weighted by Gasteiger charge is 2.42. The first-order chi connectivity index (χ1) is 17.3. The largest absolute Gasteiger partial charge is 0.479 e. The minimum atomic E-state index is -1.03. The molecular formula is C25H25N7O4. The normalized spacial score (nSPS) is 19.8. The van der Waals surface area contributed by atoms with Gasteiger partial charge in [-0.15, -0.1) is 0 Å². The van der Waals surface area contributed by atoms with Gasteiger partial charge in [0.1, 0.15) is 11.2 Å². The zero-order chi connectivity index (χ0) is 25.4. The molecule has 1 fully saturated rings. The van der Waals surface area contributed by atoms with Crippen LogP contribution < -0.4 is 15.8 Å². The van der Waals surface area contributed by atoms with E-state index in [-0.39, 0.29) is 25.0 Å². The molecule has 1 aromatic carbocycles. The number of H-pyrrole nitrogens is 1. The molecular weight excluding hydrogens is 462 g/mol. The van der Waals surface area contributed by atoms with Gasteiger partial charge in [0.2, 0.25) is 0 Å². The van der Waals surface area contributed by atoms with Gasteiger partial charge in [0.15, 0.2) is 11.9 Å². The Labute approximate surface area is 205 Å². The van der Waals surface area contributed by atoms with Crippen molar-refractivity contribution < 1.29 is 14.6 Å². The molecule has 2 unspecified atom stereocenters. The Balaban J connectivity index is 1.57. The number of anilines is 3. The Morgan fingerprint density at radius 3 is 2.89 bits per heavy atom. The van der Waals surface area contributed by atoms with Crippen LogP contribution in [0.1, 0.15) is 19.3 Å². The van der Waals surface area contributed by atoms with Crippen LogP contribution in [0.4, 0.5) is 17.3 Å². The summed E-state index contributed by atoms with van der Waals surface area (Å²) >= 11 is 0. The highest BCUT2D eigenvalue weighted by molar-refractivity contribution is 5.92. The summed E-state index contributed by atoms with van der Waals surface area (Å²) in [5, 5.41) is 28.2. The summed E-state index contributed by atoms with van der Waals surface area (Å²) in [5.41, 5.74) is 0.860. The number of aromatic nitrogens is 4. The molecule has 3 N–H and O–H groups in total. The predicted molar refractivity (Wildman–Crippen MR) is 135 cm³/mol. The number of ether oxygens (including phenoxy) is 1. The fourth-order valence-electron chi connectivity index (χ4n) is 4.64. The monoisotopic (exact) mass is 487 g/mol. The third-order valence-corrected chi connectivity index (χ3v) is 6.56. The number of nitrogens with zero attached hydrogens (tertiary/aromatic N) is 5. The van der Waals surface area contributed by atoms with E-state index in [9.17, 15) is 20.0 Å². The van der Waals surface area contributed by atoms with Gasteiger partial charge >= 0.3 is 5.97 Å². The number of carbonyl (C=O) groups is 1. The second-order valence-electron chi connectivity index (χ2n) is 9.16. The van der Waals surface area contributed by atoms with Gasteiger partial charge in [0.05, 0.1) is 35.7 Å². The maximum Gasteiger partial charge on any atom is 0.332 e. The van der Waals surface area contributed by atoms with Gasteiger partial charge in [0.25, 0.3) is 5.56 Å². The van der Waals surface area contributed by atoms with E-state index < -0.39 is 17.6 Å². The molecule has 0 bridgehead atoms. The first-order valence-corrected chi connectivity index (χ1v) is 11.5. The molecule has 3 aromatic heterocycles. The van der Waals surface area contributed by atoms with Crippen molar-refractivity contribution in [2.75, 3.05) is 30.9 Å². The molecule has 1 aliphatic rings. The Bertz CT molecular complexity index is 1560. The molecule has 36 heavy (non-hydrogen) atoms. The molecule has 0 radical (unpaired) electrons. The third kappa shape index (κ3) is 4.01. The molecule has 184 valence electrons.